The molecule has 0 radical (unpaired) electrons. The summed E-state index contributed by atoms with van der Waals surface area (Å²) in [4.78, 5) is 15.6. The molecular formula is C11H19N3O. The van der Waals surface area contributed by atoms with Gasteiger partial charge in [-0.05, 0) is 26.7 Å². The van der Waals surface area contributed by atoms with Gasteiger partial charge in [0.25, 0.3) is 0 Å². The van der Waals surface area contributed by atoms with Crippen LogP contribution in [0.3, 0.4) is 0 Å². The van der Waals surface area contributed by atoms with E-state index in [0.717, 1.165) is 32.5 Å². The SMILES string of the molecule is CCN(CC)C(=O)CN1CCCC1C#N. The Balaban J connectivity index is 2.47. The molecule has 0 N–H and O–H groups in total. The van der Waals surface area contributed by atoms with Crippen molar-refractivity contribution in [3.8, 4) is 6.07 Å². The summed E-state index contributed by atoms with van der Waals surface area (Å²) in [6.45, 7) is 6.74. The highest BCUT2D eigenvalue weighted by Gasteiger charge is 2.26. The maximum atomic E-state index is 11.8. The number of nitrogens with zero attached hydrogens (tertiary/aromatic N) is 3. The van der Waals surface area contributed by atoms with E-state index in [1.807, 2.05) is 23.6 Å². The Kier molecular flexibility index (Phi) is 4.57. The fraction of sp³-hybridized carbons (Fsp3) is 0.818. The van der Waals surface area contributed by atoms with Gasteiger partial charge in [0.2, 0.25) is 5.91 Å². The molecule has 0 aromatic rings. The largest absolute Gasteiger partial charge is 0.342 e. The Labute approximate surface area is 91.5 Å². The van der Waals surface area contributed by atoms with Crippen LogP contribution in [0.1, 0.15) is 26.7 Å². The summed E-state index contributed by atoms with van der Waals surface area (Å²) in [7, 11) is 0. The Hall–Kier alpha value is -1.08. The summed E-state index contributed by atoms with van der Waals surface area (Å²) in [6.07, 6.45) is 1.94. The molecule has 0 spiro atoms. The van der Waals surface area contributed by atoms with Gasteiger partial charge >= 0.3 is 0 Å². The van der Waals surface area contributed by atoms with Crippen LogP contribution >= 0.6 is 0 Å². The van der Waals surface area contributed by atoms with Crippen LogP contribution in [0.5, 0.6) is 0 Å². The lowest BCUT2D eigenvalue weighted by molar-refractivity contribution is -0.132. The standard InChI is InChI=1S/C11H19N3O/c1-3-13(4-2)11(15)9-14-7-5-6-10(14)8-12/h10H,3-7,9H2,1-2H3. The number of rotatable bonds is 4. The Morgan fingerprint density at radius 1 is 1.53 bits per heavy atom. The molecule has 1 rings (SSSR count). The second kappa shape index (κ2) is 5.72. The first-order valence-corrected chi connectivity index (χ1v) is 5.64. The zero-order valence-corrected chi connectivity index (χ0v) is 9.57. The van der Waals surface area contributed by atoms with Gasteiger partial charge in [-0.3, -0.25) is 9.69 Å². The molecule has 0 aromatic carbocycles. The van der Waals surface area contributed by atoms with Gasteiger partial charge in [0, 0.05) is 19.6 Å². The summed E-state index contributed by atoms with van der Waals surface area (Å²) < 4.78 is 0. The van der Waals surface area contributed by atoms with Crippen LogP contribution < -0.4 is 0 Å². The molecule has 1 aliphatic heterocycles. The van der Waals surface area contributed by atoms with Crippen LogP contribution in [0.25, 0.3) is 0 Å². The molecular weight excluding hydrogens is 190 g/mol. The molecule has 1 saturated heterocycles. The topological polar surface area (TPSA) is 47.3 Å². The normalized spacial score (nSPS) is 21.3. The zero-order chi connectivity index (χ0) is 11.3. The van der Waals surface area contributed by atoms with E-state index >= 15 is 0 Å². The van der Waals surface area contributed by atoms with Crippen LogP contribution in [0.15, 0.2) is 0 Å². The number of likely N-dealkylation sites (N-methyl/N-ethyl adjacent to an activating group) is 1. The summed E-state index contributed by atoms with van der Waals surface area (Å²) in [5.74, 6) is 0.141. The predicted molar refractivity (Wildman–Crippen MR) is 58.1 cm³/mol. The van der Waals surface area contributed by atoms with E-state index < -0.39 is 0 Å². The van der Waals surface area contributed by atoms with Crippen LogP contribution in [-0.2, 0) is 4.79 Å². The minimum Gasteiger partial charge on any atom is -0.342 e. The highest BCUT2D eigenvalue weighted by molar-refractivity contribution is 5.78. The van der Waals surface area contributed by atoms with Crippen LogP contribution in [-0.4, -0.2) is 47.9 Å². The van der Waals surface area contributed by atoms with Gasteiger partial charge in [0.15, 0.2) is 0 Å². The summed E-state index contributed by atoms with van der Waals surface area (Å²) in [6, 6.07) is 2.20. The quantitative estimate of drug-likeness (QED) is 0.689. The first-order chi connectivity index (χ1) is 7.22. The minimum absolute atomic E-state index is 0.0514. The second-order valence-corrected chi connectivity index (χ2v) is 3.82. The van der Waals surface area contributed by atoms with Crippen molar-refractivity contribution in [2.75, 3.05) is 26.2 Å². The molecule has 1 heterocycles. The maximum absolute atomic E-state index is 11.8. The van der Waals surface area contributed by atoms with Gasteiger partial charge in [0.05, 0.1) is 18.7 Å². The molecule has 1 atom stereocenters. The molecule has 0 bridgehead atoms. The van der Waals surface area contributed by atoms with Gasteiger partial charge in [-0.25, -0.2) is 0 Å². The molecule has 1 aliphatic rings. The summed E-state index contributed by atoms with van der Waals surface area (Å²) in [5.41, 5.74) is 0. The number of amides is 1. The van der Waals surface area contributed by atoms with Crippen LogP contribution in [0.2, 0.25) is 0 Å². The average Bonchev–Trinajstić information content (AvgIpc) is 2.67. The first-order valence-electron chi connectivity index (χ1n) is 5.64. The number of hydrogen-bond donors (Lipinski definition) is 0. The molecule has 0 aliphatic carbocycles. The second-order valence-electron chi connectivity index (χ2n) is 3.82. The van der Waals surface area contributed by atoms with Gasteiger partial charge in [-0.15, -0.1) is 0 Å². The van der Waals surface area contributed by atoms with Crippen molar-refractivity contribution in [3.63, 3.8) is 0 Å². The third-order valence-electron chi connectivity index (χ3n) is 2.97. The number of hydrogen-bond acceptors (Lipinski definition) is 3. The lowest BCUT2D eigenvalue weighted by Crippen LogP contribution is -2.41. The summed E-state index contributed by atoms with van der Waals surface area (Å²) in [5, 5.41) is 8.89. The smallest absolute Gasteiger partial charge is 0.236 e. The monoisotopic (exact) mass is 209 g/mol. The predicted octanol–water partition coefficient (Wildman–Crippen LogP) is 0.843. The van der Waals surface area contributed by atoms with Crippen molar-refractivity contribution in [3.05, 3.63) is 0 Å². The van der Waals surface area contributed by atoms with Gasteiger partial charge in [-0.2, -0.15) is 5.26 Å². The lowest BCUT2D eigenvalue weighted by Gasteiger charge is -2.24. The molecule has 4 heteroatoms. The third-order valence-corrected chi connectivity index (χ3v) is 2.97. The average molecular weight is 209 g/mol. The Morgan fingerprint density at radius 3 is 2.73 bits per heavy atom. The lowest BCUT2D eigenvalue weighted by atomic mass is 10.2. The Morgan fingerprint density at radius 2 is 2.20 bits per heavy atom. The van der Waals surface area contributed by atoms with E-state index in [-0.39, 0.29) is 11.9 Å². The van der Waals surface area contributed by atoms with Crippen molar-refractivity contribution >= 4 is 5.91 Å². The number of carbonyl (C=O) groups excluding carboxylic acids is 1. The number of carbonyl (C=O) groups is 1. The van der Waals surface area contributed by atoms with E-state index in [0.29, 0.717) is 6.54 Å². The Bertz CT molecular complexity index is 255. The fourth-order valence-electron chi connectivity index (χ4n) is 2.01. The first kappa shape index (κ1) is 12.0. The van der Waals surface area contributed by atoms with E-state index in [4.69, 9.17) is 5.26 Å². The molecule has 1 amide bonds. The van der Waals surface area contributed by atoms with Gasteiger partial charge < -0.3 is 4.90 Å². The number of nitriles is 1. The van der Waals surface area contributed by atoms with Crippen molar-refractivity contribution in [1.82, 2.24) is 9.80 Å². The summed E-state index contributed by atoms with van der Waals surface area (Å²) >= 11 is 0. The van der Waals surface area contributed by atoms with Crippen molar-refractivity contribution in [2.24, 2.45) is 0 Å². The zero-order valence-electron chi connectivity index (χ0n) is 9.57. The molecule has 1 fully saturated rings. The van der Waals surface area contributed by atoms with E-state index in [1.54, 1.807) is 0 Å². The van der Waals surface area contributed by atoms with Crippen molar-refractivity contribution in [1.29, 1.82) is 5.26 Å². The molecule has 0 saturated carbocycles. The van der Waals surface area contributed by atoms with Gasteiger partial charge in [0.1, 0.15) is 0 Å². The van der Waals surface area contributed by atoms with E-state index in [9.17, 15) is 4.79 Å². The number of likely N-dealkylation sites (tertiary alicyclic amines) is 1. The van der Waals surface area contributed by atoms with Crippen LogP contribution in [0.4, 0.5) is 0 Å². The van der Waals surface area contributed by atoms with E-state index in [1.165, 1.54) is 0 Å². The molecule has 0 aromatic heterocycles. The maximum Gasteiger partial charge on any atom is 0.236 e. The highest BCUT2D eigenvalue weighted by Crippen LogP contribution is 2.15. The van der Waals surface area contributed by atoms with Crippen molar-refractivity contribution in [2.45, 2.75) is 32.7 Å². The molecule has 4 nitrogen and oxygen atoms in total. The highest BCUT2D eigenvalue weighted by atomic mass is 16.2. The molecule has 84 valence electrons. The van der Waals surface area contributed by atoms with Gasteiger partial charge in [-0.1, -0.05) is 0 Å². The van der Waals surface area contributed by atoms with E-state index in [2.05, 4.69) is 6.07 Å². The van der Waals surface area contributed by atoms with Crippen molar-refractivity contribution < 1.29 is 4.79 Å². The molecule has 1 unspecified atom stereocenters. The van der Waals surface area contributed by atoms with Crippen LogP contribution in [0, 0.1) is 11.3 Å². The third kappa shape index (κ3) is 2.93. The fourth-order valence-corrected chi connectivity index (χ4v) is 2.01. The molecule has 15 heavy (non-hydrogen) atoms. The minimum atomic E-state index is -0.0514.